The molecule has 0 aliphatic carbocycles. The molecule has 1 atom stereocenters. The van der Waals surface area contributed by atoms with Gasteiger partial charge in [-0.1, -0.05) is 186 Å². The summed E-state index contributed by atoms with van der Waals surface area (Å²) >= 11 is 0. The van der Waals surface area contributed by atoms with Crippen molar-refractivity contribution in [3.63, 3.8) is 0 Å². The lowest BCUT2D eigenvalue weighted by atomic mass is 10.1. The van der Waals surface area contributed by atoms with E-state index in [9.17, 15) is 9.59 Å². The Labute approximate surface area is 336 Å². The van der Waals surface area contributed by atoms with Crippen LogP contribution in [0.15, 0.2) is 36.5 Å². The average molecular weight is 759 g/mol. The van der Waals surface area contributed by atoms with Gasteiger partial charge in [0.2, 0.25) is 0 Å². The highest BCUT2D eigenvalue weighted by molar-refractivity contribution is 5.70. The quantitative estimate of drug-likeness (QED) is 0.0352. The maximum Gasteiger partial charge on any atom is 0.306 e. The van der Waals surface area contributed by atoms with E-state index in [1.165, 1.54) is 154 Å². The second-order valence-electron chi connectivity index (χ2n) is 15.7. The van der Waals surface area contributed by atoms with Gasteiger partial charge in [-0.2, -0.15) is 0 Å². The highest BCUT2D eigenvalue weighted by Crippen LogP contribution is 2.13. The third-order valence-electron chi connectivity index (χ3n) is 10.1. The van der Waals surface area contributed by atoms with E-state index >= 15 is 0 Å². The third kappa shape index (κ3) is 42.9. The molecule has 5 nitrogen and oxygen atoms in total. The summed E-state index contributed by atoms with van der Waals surface area (Å²) in [5.41, 5.74) is 0. The molecule has 0 heterocycles. The number of unbranched alkanes of at least 4 members (excludes halogenated alkanes) is 26. The summed E-state index contributed by atoms with van der Waals surface area (Å²) in [4.78, 5) is 25.0. The fourth-order valence-corrected chi connectivity index (χ4v) is 6.59. The molecule has 5 heteroatoms. The van der Waals surface area contributed by atoms with Crippen LogP contribution in [0.4, 0.5) is 0 Å². The zero-order valence-electron chi connectivity index (χ0n) is 36.2. The minimum absolute atomic E-state index is 0.0809. The first kappa shape index (κ1) is 52.1. The van der Waals surface area contributed by atoms with Gasteiger partial charge in [0, 0.05) is 19.4 Å². The number of hydrogen-bond acceptors (Lipinski definition) is 5. The lowest BCUT2D eigenvalue weighted by molar-refractivity contribution is -0.163. The third-order valence-corrected chi connectivity index (χ3v) is 10.1. The van der Waals surface area contributed by atoms with Gasteiger partial charge in [0.1, 0.15) is 6.61 Å². The van der Waals surface area contributed by atoms with Gasteiger partial charge in [-0.3, -0.25) is 9.59 Å². The molecule has 0 aliphatic heterocycles. The summed E-state index contributed by atoms with van der Waals surface area (Å²) in [5.74, 6) is -0.414. The number of allylic oxidation sites excluding steroid dienone is 6. The van der Waals surface area contributed by atoms with Gasteiger partial charge in [0.05, 0.1) is 6.61 Å². The van der Waals surface area contributed by atoms with Gasteiger partial charge < -0.3 is 14.2 Å². The Balaban J connectivity index is 4.05. The maximum atomic E-state index is 12.5. The first-order valence-electron chi connectivity index (χ1n) is 23.5. The van der Waals surface area contributed by atoms with E-state index < -0.39 is 6.10 Å². The number of esters is 2. The van der Waals surface area contributed by atoms with Crippen LogP contribution in [-0.2, 0) is 23.8 Å². The van der Waals surface area contributed by atoms with Gasteiger partial charge >= 0.3 is 11.9 Å². The number of carbonyl (C=O) groups excluding carboxylic acids is 2. The molecule has 0 saturated heterocycles. The Morgan fingerprint density at radius 3 is 1.28 bits per heavy atom. The van der Waals surface area contributed by atoms with E-state index in [4.69, 9.17) is 14.2 Å². The molecule has 0 fully saturated rings. The van der Waals surface area contributed by atoms with Crippen LogP contribution in [0, 0.1) is 0 Å². The van der Waals surface area contributed by atoms with Crippen molar-refractivity contribution in [2.75, 3.05) is 19.8 Å². The second kappa shape index (κ2) is 45.5. The lowest BCUT2D eigenvalue weighted by Gasteiger charge is -2.18. The predicted octanol–water partition coefficient (Wildman–Crippen LogP) is 15.4. The molecule has 0 aromatic heterocycles. The van der Waals surface area contributed by atoms with Crippen LogP contribution in [0.5, 0.6) is 0 Å². The fourth-order valence-electron chi connectivity index (χ4n) is 6.59. The molecule has 0 bridgehead atoms. The van der Waals surface area contributed by atoms with E-state index in [0.29, 0.717) is 19.4 Å². The van der Waals surface area contributed by atoms with Crippen LogP contribution in [0.1, 0.15) is 239 Å². The van der Waals surface area contributed by atoms with Crippen LogP contribution in [-0.4, -0.2) is 37.9 Å². The zero-order valence-corrected chi connectivity index (χ0v) is 36.2. The Morgan fingerprint density at radius 2 is 0.778 bits per heavy atom. The van der Waals surface area contributed by atoms with Gasteiger partial charge in [-0.25, -0.2) is 0 Å². The molecule has 316 valence electrons. The van der Waals surface area contributed by atoms with Crippen LogP contribution in [0.2, 0.25) is 0 Å². The minimum atomic E-state index is -0.535. The zero-order chi connectivity index (χ0) is 39.3. The summed E-state index contributed by atoms with van der Waals surface area (Å²) < 4.78 is 17.2. The lowest BCUT2D eigenvalue weighted by Crippen LogP contribution is -2.30. The average Bonchev–Trinajstić information content (AvgIpc) is 3.17. The number of rotatable bonds is 43. The molecule has 0 rings (SSSR count). The molecule has 0 saturated carbocycles. The number of hydrogen-bond donors (Lipinski definition) is 0. The molecule has 1 unspecified atom stereocenters. The molecule has 0 aromatic carbocycles. The Morgan fingerprint density at radius 1 is 0.407 bits per heavy atom. The summed E-state index contributed by atoms with van der Waals surface area (Å²) in [5, 5.41) is 0. The van der Waals surface area contributed by atoms with Crippen molar-refractivity contribution >= 4 is 11.9 Å². The second-order valence-corrected chi connectivity index (χ2v) is 15.7. The molecule has 0 aromatic rings. The first-order valence-corrected chi connectivity index (χ1v) is 23.5. The van der Waals surface area contributed by atoms with Crippen molar-refractivity contribution in [1.82, 2.24) is 0 Å². The first-order chi connectivity index (χ1) is 26.6. The van der Waals surface area contributed by atoms with E-state index in [1.54, 1.807) is 0 Å². The summed E-state index contributed by atoms with van der Waals surface area (Å²) in [6, 6.07) is 0. The number of ether oxygens (including phenoxy) is 3. The standard InChI is InChI=1S/C49H90O5/c1-4-7-10-13-15-17-19-21-23-25-26-28-30-32-34-37-39-42-48(50)53-46-47(54-49(51)43-40-36-12-9-6-3)45-52-44-41-38-35-33-31-29-27-24-22-20-18-16-14-11-8-5-2/h16,18,21-24,47H,4-15,17,19-20,25-46H2,1-3H3/b18-16-,23-21-,24-22-. The highest BCUT2D eigenvalue weighted by Gasteiger charge is 2.17. The monoisotopic (exact) mass is 759 g/mol. The van der Waals surface area contributed by atoms with E-state index in [0.717, 1.165) is 51.4 Å². The topological polar surface area (TPSA) is 61.8 Å². The largest absolute Gasteiger partial charge is 0.462 e. The fraction of sp³-hybridized carbons (Fsp3) is 0.837. The summed E-state index contributed by atoms with van der Waals surface area (Å²) in [7, 11) is 0. The maximum absolute atomic E-state index is 12.5. The van der Waals surface area contributed by atoms with E-state index in [2.05, 4.69) is 57.2 Å². The number of carbonyl (C=O) groups is 2. The van der Waals surface area contributed by atoms with Crippen LogP contribution in [0.25, 0.3) is 0 Å². The van der Waals surface area contributed by atoms with Crippen LogP contribution in [0.3, 0.4) is 0 Å². The van der Waals surface area contributed by atoms with Gasteiger partial charge in [-0.15, -0.1) is 0 Å². The van der Waals surface area contributed by atoms with E-state index in [1.807, 2.05) is 0 Å². The van der Waals surface area contributed by atoms with E-state index in [-0.39, 0.29) is 25.2 Å². The molecule has 0 aliphatic rings. The highest BCUT2D eigenvalue weighted by atomic mass is 16.6. The SMILES string of the molecule is CCCCC/C=C\C/C=C\CCCCCCCCOCC(COC(=O)CCCCCCCCC/C=C\CCCCCCCC)OC(=O)CCCCCCC. The van der Waals surface area contributed by atoms with Crippen molar-refractivity contribution in [3.05, 3.63) is 36.5 Å². The van der Waals surface area contributed by atoms with Gasteiger partial charge in [0.15, 0.2) is 6.10 Å². The van der Waals surface area contributed by atoms with Crippen molar-refractivity contribution < 1.29 is 23.8 Å². The normalized spacial score (nSPS) is 12.4. The molecule has 0 spiro atoms. The van der Waals surface area contributed by atoms with Crippen molar-refractivity contribution in [2.45, 2.75) is 245 Å². The Kier molecular flexibility index (Phi) is 43.9. The molecule has 0 amide bonds. The van der Waals surface area contributed by atoms with Crippen LogP contribution >= 0.6 is 0 Å². The molecular weight excluding hydrogens is 669 g/mol. The van der Waals surface area contributed by atoms with Crippen molar-refractivity contribution in [1.29, 1.82) is 0 Å². The smallest absolute Gasteiger partial charge is 0.306 e. The summed E-state index contributed by atoms with van der Waals surface area (Å²) in [6.07, 6.45) is 53.1. The minimum Gasteiger partial charge on any atom is -0.462 e. The van der Waals surface area contributed by atoms with Crippen molar-refractivity contribution in [3.8, 4) is 0 Å². The molecule has 54 heavy (non-hydrogen) atoms. The predicted molar refractivity (Wildman–Crippen MR) is 233 cm³/mol. The molecule has 0 radical (unpaired) electrons. The van der Waals surface area contributed by atoms with Gasteiger partial charge in [0.25, 0.3) is 0 Å². The van der Waals surface area contributed by atoms with Gasteiger partial charge in [-0.05, 0) is 77.0 Å². The van der Waals surface area contributed by atoms with Crippen molar-refractivity contribution in [2.24, 2.45) is 0 Å². The van der Waals surface area contributed by atoms with Crippen LogP contribution < -0.4 is 0 Å². The Hall–Kier alpha value is -1.88. The molecule has 0 N–H and O–H groups in total. The summed E-state index contributed by atoms with van der Waals surface area (Å²) in [6.45, 7) is 7.72. The molecular formula is C49H90O5. The Bertz CT molecular complexity index is 862.